The summed E-state index contributed by atoms with van der Waals surface area (Å²) in [5, 5.41) is 0.178. The standard InChI is InChI=1S/C21H12Cl2FN5O/c22-14-7-19-12(6-15(14)24)3-4-29(19)21-13-5-11(1-2-16(13)26-10-27-21)17-8-25-9-18(28-17)20(23)30/h1-2,5-10H,3-4H2. The van der Waals surface area contributed by atoms with Crippen LogP contribution in [0.15, 0.2) is 49.1 Å². The van der Waals surface area contributed by atoms with Gasteiger partial charge in [-0.2, -0.15) is 0 Å². The molecule has 1 aliphatic heterocycles. The molecule has 0 atom stereocenters. The van der Waals surface area contributed by atoms with Gasteiger partial charge < -0.3 is 4.90 Å². The topological polar surface area (TPSA) is 71.9 Å². The number of benzene rings is 2. The quantitative estimate of drug-likeness (QED) is 0.420. The van der Waals surface area contributed by atoms with Gasteiger partial charge in [-0.1, -0.05) is 17.7 Å². The van der Waals surface area contributed by atoms with Gasteiger partial charge in [0.15, 0.2) is 0 Å². The molecule has 0 unspecified atom stereocenters. The lowest BCUT2D eigenvalue weighted by Crippen LogP contribution is -2.15. The molecule has 6 nitrogen and oxygen atoms in total. The van der Waals surface area contributed by atoms with Crippen molar-refractivity contribution >= 4 is 50.9 Å². The number of carbonyl (C=O) groups is 1. The molecule has 0 saturated carbocycles. The lowest BCUT2D eigenvalue weighted by molar-refractivity contribution is 0.107. The van der Waals surface area contributed by atoms with Gasteiger partial charge in [-0.25, -0.2) is 19.3 Å². The summed E-state index contributed by atoms with van der Waals surface area (Å²) in [4.78, 5) is 30.6. The summed E-state index contributed by atoms with van der Waals surface area (Å²) in [6, 6.07) is 8.67. The van der Waals surface area contributed by atoms with E-state index in [0.29, 0.717) is 24.5 Å². The van der Waals surface area contributed by atoms with E-state index in [2.05, 4.69) is 19.9 Å². The van der Waals surface area contributed by atoms with Crippen LogP contribution in [0.2, 0.25) is 5.02 Å². The van der Waals surface area contributed by atoms with Gasteiger partial charge in [0.25, 0.3) is 5.24 Å². The average Bonchev–Trinajstić information content (AvgIpc) is 3.15. The zero-order valence-corrected chi connectivity index (χ0v) is 16.8. The fraction of sp³-hybridized carbons (Fsp3) is 0.0952. The van der Waals surface area contributed by atoms with E-state index in [1.165, 1.54) is 18.6 Å². The molecule has 0 bridgehead atoms. The van der Waals surface area contributed by atoms with Crippen LogP contribution >= 0.6 is 23.2 Å². The third-order valence-corrected chi connectivity index (χ3v) is 5.50. The van der Waals surface area contributed by atoms with Crippen LogP contribution in [0.25, 0.3) is 22.2 Å². The van der Waals surface area contributed by atoms with Crippen LogP contribution in [0.3, 0.4) is 0 Å². The van der Waals surface area contributed by atoms with Gasteiger partial charge in [0.05, 0.1) is 28.6 Å². The minimum Gasteiger partial charge on any atom is -0.325 e. The molecule has 0 N–H and O–H groups in total. The van der Waals surface area contributed by atoms with E-state index in [9.17, 15) is 9.18 Å². The molecule has 5 rings (SSSR count). The molecule has 2 aromatic carbocycles. The van der Waals surface area contributed by atoms with Gasteiger partial charge in [0.1, 0.15) is 23.7 Å². The lowest BCUT2D eigenvalue weighted by Gasteiger charge is -2.20. The molecule has 0 amide bonds. The van der Waals surface area contributed by atoms with E-state index >= 15 is 0 Å². The van der Waals surface area contributed by atoms with Crippen molar-refractivity contribution in [2.24, 2.45) is 0 Å². The van der Waals surface area contributed by atoms with Crippen LogP contribution in [0.4, 0.5) is 15.9 Å². The monoisotopic (exact) mass is 439 g/mol. The van der Waals surface area contributed by atoms with Gasteiger partial charge in [0, 0.05) is 23.2 Å². The average molecular weight is 440 g/mol. The SMILES string of the molecule is O=C(Cl)c1cncc(-c2ccc3ncnc(N4CCc5cc(F)c(Cl)cc54)c3c2)n1. The molecule has 4 aromatic rings. The van der Waals surface area contributed by atoms with E-state index in [4.69, 9.17) is 23.2 Å². The molecule has 9 heteroatoms. The van der Waals surface area contributed by atoms with Crippen molar-refractivity contribution in [1.29, 1.82) is 0 Å². The summed E-state index contributed by atoms with van der Waals surface area (Å²) >= 11 is 11.6. The smallest absolute Gasteiger partial charge is 0.272 e. The Labute approximate surface area is 180 Å². The number of rotatable bonds is 3. The van der Waals surface area contributed by atoms with Crippen LogP contribution in [0.5, 0.6) is 0 Å². The van der Waals surface area contributed by atoms with E-state index < -0.39 is 11.1 Å². The first kappa shape index (κ1) is 18.8. The Balaban J connectivity index is 1.65. The molecule has 0 saturated heterocycles. The number of fused-ring (bicyclic) bond motifs is 2. The van der Waals surface area contributed by atoms with Crippen LogP contribution in [-0.4, -0.2) is 31.7 Å². The maximum Gasteiger partial charge on any atom is 0.272 e. The van der Waals surface area contributed by atoms with Crippen LogP contribution in [-0.2, 0) is 6.42 Å². The largest absolute Gasteiger partial charge is 0.325 e. The van der Waals surface area contributed by atoms with Crippen molar-refractivity contribution in [2.45, 2.75) is 6.42 Å². The maximum atomic E-state index is 13.9. The van der Waals surface area contributed by atoms with Crippen molar-refractivity contribution in [3.8, 4) is 11.3 Å². The number of hydrogen-bond acceptors (Lipinski definition) is 6. The summed E-state index contributed by atoms with van der Waals surface area (Å²) in [6.07, 6.45) is 5.05. The highest BCUT2D eigenvalue weighted by Gasteiger charge is 2.25. The van der Waals surface area contributed by atoms with Crippen LogP contribution < -0.4 is 4.90 Å². The molecule has 0 aliphatic carbocycles. The molecular weight excluding hydrogens is 428 g/mol. The van der Waals surface area contributed by atoms with Gasteiger partial charge in [-0.15, -0.1) is 0 Å². The first-order valence-electron chi connectivity index (χ1n) is 9.04. The van der Waals surface area contributed by atoms with Crippen molar-refractivity contribution in [3.63, 3.8) is 0 Å². The number of halogens is 3. The second-order valence-corrected chi connectivity index (χ2v) is 7.54. The van der Waals surface area contributed by atoms with E-state index in [1.807, 2.05) is 23.1 Å². The second kappa shape index (κ2) is 7.27. The first-order chi connectivity index (χ1) is 14.5. The van der Waals surface area contributed by atoms with Gasteiger partial charge in [-0.05, 0) is 47.9 Å². The Bertz CT molecular complexity index is 1330. The van der Waals surface area contributed by atoms with E-state index in [1.54, 1.807) is 12.3 Å². The highest BCUT2D eigenvalue weighted by atomic mass is 35.5. The fourth-order valence-corrected chi connectivity index (χ4v) is 3.87. The summed E-state index contributed by atoms with van der Waals surface area (Å²) in [7, 11) is 0. The number of nitrogens with zero attached hydrogens (tertiary/aromatic N) is 5. The normalized spacial score (nSPS) is 13.0. The third kappa shape index (κ3) is 3.16. The second-order valence-electron chi connectivity index (χ2n) is 6.79. The minimum atomic E-state index is -0.674. The predicted molar refractivity (Wildman–Crippen MR) is 113 cm³/mol. The molecule has 0 fully saturated rings. The Hall–Kier alpha value is -3.16. The van der Waals surface area contributed by atoms with E-state index in [0.717, 1.165) is 27.7 Å². The maximum absolute atomic E-state index is 13.9. The highest BCUT2D eigenvalue weighted by molar-refractivity contribution is 6.67. The molecule has 3 heterocycles. The van der Waals surface area contributed by atoms with Gasteiger partial charge in [0.2, 0.25) is 0 Å². The zero-order valence-electron chi connectivity index (χ0n) is 15.3. The van der Waals surface area contributed by atoms with E-state index in [-0.39, 0.29) is 10.7 Å². The third-order valence-electron chi connectivity index (χ3n) is 5.02. The van der Waals surface area contributed by atoms with Crippen molar-refractivity contribution in [1.82, 2.24) is 19.9 Å². The Morgan fingerprint density at radius 3 is 2.83 bits per heavy atom. The Kier molecular flexibility index (Phi) is 4.56. The molecule has 0 radical (unpaired) electrons. The number of carbonyl (C=O) groups excluding carboxylic acids is 1. The molecule has 30 heavy (non-hydrogen) atoms. The molecule has 148 valence electrons. The van der Waals surface area contributed by atoms with Gasteiger partial charge >= 0.3 is 0 Å². The molecule has 1 aliphatic rings. The summed E-state index contributed by atoms with van der Waals surface area (Å²) in [6.45, 7) is 0.640. The van der Waals surface area contributed by atoms with Crippen molar-refractivity contribution < 1.29 is 9.18 Å². The molecule has 0 spiro atoms. The van der Waals surface area contributed by atoms with Crippen LogP contribution in [0, 0.1) is 5.82 Å². The predicted octanol–water partition coefficient (Wildman–Crippen LogP) is 4.95. The van der Waals surface area contributed by atoms with Gasteiger partial charge in [-0.3, -0.25) is 9.78 Å². The number of aromatic nitrogens is 4. The highest BCUT2D eigenvalue weighted by Crippen LogP contribution is 2.39. The van der Waals surface area contributed by atoms with Crippen molar-refractivity contribution in [2.75, 3.05) is 11.4 Å². The summed E-state index contributed by atoms with van der Waals surface area (Å²) in [5.41, 5.74) is 3.75. The Morgan fingerprint density at radius 1 is 1.13 bits per heavy atom. The molecule has 2 aromatic heterocycles. The summed E-state index contributed by atoms with van der Waals surface area (Å²) < 4.78 is 13.9. The first-order valence-corrected chi connectivity index (χ1v) is 9.79. The Morgan fingerprint density at radius 2 is 2.00 bits per heavy atom. The number of anilines is 2. The lowest BCUT2D eigenvalue weighted by atomic mass is 10.1. The fourth-order valence-electron chi connectivity index (χ4n) is 3.62. The number of hydrogen-bond donors (Lipinski definition) is 0. The molecular formula is C21H12Cl2FN5O. The van der Waals surface area contributed by atoms with Crippen LogP contribution in [0.1, 0.15) is 16.1 Å². The summed E-state index contributed by atoms with van der Waals surface area (Å²) in [5.74, 6) is 0.250. The van der Waals surface area contributed by atoms with Crippen molar-refractivity contribution in [3.05, 3.63) is 71.2 Å². The minimum absolute atomic E-state index is 0.0672. The zero-order chi connectivity index (χ0) is 20.8.